The number of rotatable bonds is 4. The molecule has 1 aliphatic rings. The molecule has 3 heteroatoms. The predicted molar refractivity (Wildman–Crippen MR) is 89.3 cm³/mol. The summed E-state index contributed by atoms with van der Waals surface area (Å²) in [6, 6.07) is 5.76. The Kier molecular flexibility index (Phi) is 5.37. The fourth-order valence-corrected chi connectivity index (χ4v) is 4.95. The van der Waals surface area contributed by atoms with Crippen LogP contribution in [0.4, 0.5) is 0 Å². The molecule has 2 rings (SSSR count). The topological polar surface area (TPSA) is 34.1 Å². The van der Waals surface area contributed by atoms with E-state index in [0.29, 0.717) is 11.5 Å². The fourth-order valence-electron chi connectivity index (χ4n) is 3.11. The average Bonchev–Trinajstić information content (AvgIpc) is 2.47. The van der Waals surface area contributed by atoms with Gasteiger partial charge in [0.15, 0.2) is 5.78 Å². The van der Waals surface area contributed by atoms with E-state index in [2.05, 4.69) is 6.92 Å². The molecular formula is C18H26O2S. The van der Waals surface area contributed by atoms with Crippen molar-refractivity contribution in [3.8, 4) is 0 Å². The summed E-state index contributed by atoms with van der Waals surface area (Å²) in [5.74, 6) is 0.659. The van der Waals surface area contributed by atoms with Gasteiger partial charge < -0.3 is 0 Å². The average molecular weight is 306 g/mol. The van der Waals surface area contributed by atoms with Crippen LogP contribution in [0.3, 0.4) is 0 Å². The minimum Gasteiger partial charge on any atom is -0.293 e. The van der Waals surface area contributed by atoms with Gasteiger partial charge in [0, 0.05) is 21.6 Å². The van der Waals surface area contributed by atoms with Crippen LogP contribution in [-0.4, -0.2) is 20.5 Å². The Bertz CT molecular complexity index is 550. The van der Waals surface area contributed by atoms with Gasteiger partial charge in [-0.3, -0.25) is 9.00 Å². The van der Waals surface area contributed by atoms with Crippen molar-refractivity contribution in [3.63, 3.8) is 0 Å². The summed E-state index contributed by atoms with van der Waals surface area (Å²) in [6.45, 7) is 8.09. The second-order valence-corrected chi connectivity index (χ2v) is 8.56. The van der Waals surface area contributed by atoms with Crippen LogP contribution in [-0.2, 0) is 10.8 Å². The van der Waals surface area contributed by atoms with Gasteiger partial charge in [0.2, 0.25) is 0 Å². The monoisotopic (exact) mass is 306 g/mol. The molecule has 4 atom stereocenters. The number of hydrogen-bond acceptors (Lipinski definition) is 2. The molecule has 0 N–H and O–H groups in total. The minimum atomic E-state index is -1.06. The molecule has 0 amide bonds. The van der Waals surface area contributed by atoms with E-state index in [0.717, 1.165) is 24.8 Å². The third kappa shape index (κ3) is 3.82. The summed E-state index contributed by atoms with van der Waals surface area (Å²) in [7, 11) is -1.06. The zero-order valence-electron chi connectivity index (χ0n) is 13.5. The molecule has 1 saturated carbocycles. The Morgan fingerprint density at radius 2 is 1.95 bits per heavy atom. The molecule has 1 aromatic carbocycles. The van der Waals surface area contributed by atoms with Crippen molar-refractivity contribution in [2.75, 3.05) is 0 Å². The second kappa shape index (κ2) is 6.87. The molecule has 0 aliphatic heterocycles. The molecular weight excluding hydrogens is 280 g/mol. The minimum absolute atomic E-state index is 0.0228. The predicted octanol–water partition coefficient (Wildman–Crippen LogP) is 4.20. The number of carbonyl (C=O) groups excluding carboxylic acids is 1. The maximum Gasteiger partial charge on any atom is 0.178 e. The maximum absolute atomic E-state index is 12.7. The Morgan fingerprint density at radius 1 is 1.24 bits per heavy atom. The Morgan fingerprint density at radius 3 is 2.57 bits per heavy atom. The number of ketones is 1. The lowest BCUT2D eigenvalue weighted by Crippen LogP contribution is -2.33. The lowest BCUT2D eigenvalue weighted by molar-refractivity contribution is 0.0992. The zero-order chi connectivity index (χ0) is 15.6. The summed E-state index contributed by atoms with van der Waals surface area (Å²) < 4.78 is 12.7. The van der Waals surface area contributed by atoms with Crippen molar-refractivity contribution >= 4 is 16.6 Å². The van der Waals surface area contributed by atoms with Crippen molar-refractivity contribution in [2.45, 2.75) is 63.9 Å². The van der Waals surface area contributed by atoms with Crippen molar-refractivity contribution in [1.82, 2.24) is 0 Å². The third-order valence-electron chi connectivity index (χ3n) is 4.73. The fraction of sp³-hybridized carbons (Fsp3) is 0.611. The van der Waals surface area contributed by atoms with Gasteiger partial charge in [-0.15, -0.1) is 0 Å². The van der Waals surface area contributed by atoms with Crippen LogP contribution in [0.2, 0.25) is 0 Å². The van der Waals surface area contributed by atoms with Gasteiger partial charge >= 0.3 is 0 Å². The van der Waals surface area contributed by atoms with Crippen LogP contribution < -0.4 is 0 Å². The molecule has 1 aliphatic carbocycles. The third-order valence-corrected chi connectivity index (χ3v) is 6.72. The van der Waals surface area contributed by atoms with E-state index in [-0.39, 0.29) is 11.0 Å². The smallest absolute Gasteiger partial charge is 0.178 e. The quantitative estimate of drug-likeness (QED) is 0.781. The van der Waals surface area contributed by atoms with E-state index >= 15 is 0 Å². The van der Waals surface area contributed by atoms with E-state index in [9.17, 15) is 9.00 Å². The van der Waals surface area contributed by atoms with Gasteiger partial charge in [0.1, 0.15) is 0 Å². The SMILES string of the molecule is Cc1ccc(C(=O)C(C)S(=O)C2CCCC(C)C2)cc1C. The highest BCUT2D eigenvalue weighted by atomic mass is 32.2. The summed E-state index contributed by atoms with van der Waals surface area (Å²) >= 11 is 0. The Hall–Kier alpha value is -0.960. The highest BCUT2D eigenvalue weighted by Crippen LogP contribution is 2.29. The molecule has 0 spiro atoms. The first-order valence-corrected chi connectivity index (χ1v) is 9.18. The van der Waals surface area contributed by atoms with Crippen LogP contribution >= 0.6 is 0 Å². The molecule has 0 aromatic heterocycles. The van der Waals surface area contributed by atoms with Gasteiger partial charge in [-0.25, -0.2) is 0 Å². The number of hydrogen-bond donors (Lipinski definition) is 0. The molecule has 0 radical (unpaired) electrons. The van der Waals surface area contributed by atoms with Gasteiger partial charge in [0.05, 0.1) is 5.25 Å². The normalized spacial score (nSPS) is 25.3. The molecule has 0 heterocycles. The Balaban J connectivity index is 2.10. The molecule has 2 nitrogen and oxygen atoms in total. The second-order valence-electron chi connectivity index (χ2n) is 6.53. The van der Waals surface area contributed by atoms with E-state index in [1.165, 1.54) is 12.0 Å². The van der Waals surface area contributed by atoms with Gasteiger partial charge in [-0.1, -0.05) is 31.9 Å². The van der Waals surface area contributed by atoms with Crippen LogP contribution in [0.15, 0.2) is 18.2 Å². The molecule has 1 fully saturated rings. The van der Waals surface area contributed by atoms with E-state index in [1.807, 2.05) is 39.0 Å². The summed E-state index contributed by atoms with van der Waals surface area (Å²) in [6.07, 6.45) is 4.37. The van der Waals surface area contributed by atoms with Crippen molar-refractivity contribution in [2.24, 2.45) is 5.92 Å². The van der Waals surface area contributed by atoms with Gasteiger partial charge in [0.25, 0.3) is 0 Å². The lowest BCUT2D eigenvalue weighted by atomic mass is 9.90. The first-order chi connectivity index (χ1) is 9.90. The largest absolute Gasteiger partial charge is 0.293 e. The van der Waals surface area contributed by atoms with Crippen LogP contribution in [0.5, 0.6) is 0 Å². The molecule has 0 bridgehead atoms. The summed E-state index contributed by atoms with van der Waals surface area (Å²) in [5.41, 5.74) is 2.99. The van der Waals surface area contributed by atoms with Crippen LogP contribution in [0.1, 0.15) is 61.0 Å². The van der Waals surface area contributed by atoms with E-state index in [4.69, 9.17) is 0 Å². The molecule has 4 unspecified atom stereocenters. The van der Waals surface area contributed by atoms with Gasteiger partial charge in [-0.2, -0.15) is 0 Å². The van der Waals surface area contributed by atoms with Crippen molar-refractivity contribution < 1.29 is 9.00 Å². The molecule has 0 saturated heterocycles. The molecule has 116 valence electrons. The molecule has 21 heavy (non-hydrogen) atoms. The van der Waals surface area contributed by atoms with E-state index in [1.54, 1.807) is 0 Å². The van der Waals surface area contributed by atoms with Gasteiger partial charge in [-0.05, 0) is 56.7 Å². The summed E-state index contributed by atoms with van der Waals surface area (Å²) in [5, 5.41) is -0.207. The molecule has 1 aromatic rings. The first kappa shape index (κ1) is 16.4. The first-order valence-electron chi connectivity index (χ1n) is 7.91. The van der Waals surface area contributed by atoms with E-state index < -0.39 is 16.0 Å². The summed E-state index contributed by atoms with van der Waals surface area (Å²) in [4.78, 5) is 12.6. The van der Waals surface area contributed by atoms with Crippen LogP contribution in [0, 0.1) is 19.8 Å². The number of carbonyl (C=O) groups is 1. The number of aryl methyl sites for hydroxylation is 2. The highest BCUT2D eigenvalue weighted by Gasteiger charge is 2.30. The lowest BCUT2D eigenvalue weighted by Gasteiger charge is -2.28. The maximum atomic E-state index is 12.7. The van der Waals surface area contributed by atoms with Crippen LogP contribution in [0.25, 0.3) is 0 Å². The highest BCUT2D eigenvalue weighted by molar-refractivity contribution is 7.87. The Labute approximate surface area is 130 Å². The standard InChI is InChI=1S/C18H26O2S/c1-12-6-5-7-17(10-12)21(20)15(4)18(19)16-9-8-13(2)14(3)11-16/h8-9,11-12,15,17H,5-7,10H2,1-4H3. The van der Waals surface area contributed by atoms with Crippen molar-refractivity contribution in [1.29, 1.82) is 0 Å². The van der Waals surface area contributed by atoms with Crippen molar-refractivity contribution in [3.05, 3.63) is 34.9 Å². The number of Topliss-reactive ketones (excluding diaryl/α,β-unsaturated/α-hetero) is 1. The number of benzene rings is 1. The zero-order valence-corrected chi connectivity index (χ0v) is 14.3.